The first-order chi connectivity index (χ1) is 12.7. The highest BCUT2D eigenvalue weighted by Gasteiger charge is 2.11. The van der Waals surface area contributed by atoms with Crippen molar-refractivity contribution in [2.45, 2.75) is 6.42 Å². The Kier molecular flexibility index (Phi) is 6.91. The van der Waals surface area contributed by atoms with Gasteiger partial charge in [-0.3, -0.25) is 4.79 Å². The van der Waals surface area contributed by atoms with E-state index in [2.05, 4.69) is 10.0 Å². The predicted molar refractivity (Wildman–Crippen MR) is 100 cm³/mol. The van der Waals surface area contributed by atoms with Gasteiger partial charge in [0.25, 0.3) is 5.91 Å². The molecule has 0 saturated heterocycles. The Morgan fingerprint density at radius 3 is 2.37 bits per heavy atom. The van der Waals surface area contributed by atoms with Crippen molar-refractivity contribution in [2.75, 3.05) is 24.7 Å². The number of ether oxygens (including phenoxy) is 1. The molecule has 0 aliphatic carbocycles. The van der Waals surface area contributed by atoms with Crippen LogP contribution in [0.2, 0.25) is 0 Å². The number of amides is 1. The number of para-hydroxylation sites is 2. The third kappa shape index (κ3) is 7.08. The lowest BCUT2D eigenvalue weighted by atomic mass is 10.1. The molecule has 0 heterocycles. The van der Waals surface area contributed by atoms with E-state index in [9.17, 15) is 23.1 Å². The third-order valence-electron chi connectivity index (χ3n) is 3.48. The molecule has 2 aromatic rings. The van der Waals surface area contributed by atoms with Gasteiger partial charge in [0.2, 0.25) is 10.0 Å². The number of benzene rings is 2. The zero-order valence-electron chi connectivity index (χ0n) is 14.6. The quantitative estimate of drug-likeness (QED) is 0.460. The van der Waals surface area contributed by atoms with Crippen LogP contribution in [0.5, 0.6) is 5.75 Å². The number of carbonyl (C=O) groups excluding carboxylic acids is 2. The van der Waals surface area contributed by atoms with Crippen molar-refractivity contribution in [3.05, 3.63) is 59.7 Å². The number of phenolic OH excluding ortho intramolecular Hbond substituents is 1. The molecule has 8 nitrogen and oxygen atoms in total. The number of phenols is 1. The fourth-order valence-electron chi connectivity index (χ4n) is 2.17. The number of esters is 1. The smallest absolute Gasteiger partial charge is 0.338 e. The maximum atomic E-state index is 12.0. The summed E-state index contributed by atoms with van der Waals surface area (Å²) < 4.78 is 29.3. The van der Waals surface area contributed by atoms with Gasteiger partial charge in [0.1, 0.15) is 5.75 Å². The van der Waals surface area contributed by atoms with Crippen molar-refractivity contribution < 1.29 is 27.9 Å². The lowest BCUT2D eigenvalue weighted by Crippen LogP contribution is -2.24. The second kappa shape index (κ2) is 9.15. The monoisotopic (exact) mass is 392 g/mol. The molecular formula is C18H20N2O6S. The van der Waals surface area contributed by atoms with E-state index in [1.807, 2.05) is 0 Å². The summed E-state index contributed by atoms with van der Waals surface area (Å²) in [6.07, 6.45) is 1.56. The van der Waals surface area contributed by atoms with Gasteiger partial charge >= 0.3 is 5.97 Å². The number of anilines is 1. The highest BCUT2D eigenvalue weighted by atomic mass is 32.2. The van der Waals surface area contributed by atoms with Crippen molar-refractivity contribution >= 4 is 27.6 Å². The summed E-state index contributed by atoms with van der Waals surface area (Å²) in [6.45, 7) is -0.234. The fourth-order valence-corrected chi connectivity index (χ4v) is 2.64. The molecule has 0 aliphatic rings. The van der Waals surface area contributed by atoms with Gasteiger partial charge in [-0.2, -0.15) is 0 Å². The van der Waals surface area contributed by atoms with Crippen LogP contribution >= 0.6 is 0 Å². The first-order valence-electron chi connectivity index (χ1n) is 8.03. The first kappa shape index (κ1) is 20.4. The van der Waals surface area contributed by atoms with Gasteiger partial charge < -0.3 is 15.2 Å². The molecule has 0 aromatic heterocycles. The van der Waals surface area contributed by atoms with Crippen LogP contribution < -0.4 is 10.0 Å². The average Bonchev–Trinajstić information content (AvgIpc) is 2.61. The first-order valence-corrected chi connectivity index (χ1v) is 9.92. The Hall–Kier alpha value is -2.91. The molecule has 0 atom stereocenters. The van der Waals surface area contributed by atoms with E-state index in [1.165, 1.54) is 12.1 Å². The zero-order valence-corrected chi connectivity index (χ0v) is 15.5. The number of rotatable bonds is 8. The number of nitrogens with one attached hydrogen (secondary N) is 2. The van der Waals surface area contributed by atoms with Crippen molar-refractivity contribution in [1.82, 2.24) is 4.72 Å². The predicted octanol–water partition coefficient (Wildman–Crippen LogP) is 1.28. The molecule has 144 valence electrons. The molecule has 27 heavy (non-hydrogen) atoms. The molecule has 0 spiro atoms. The molecule has 0 bridgehead atoms. The maximum Gasteiger partial charge on any atom is 0.338 e. The van der Waals surface area contributed by atoms with Crippen LogP contribution in [0, 0.1) is 0 Å². The third-order valence-corrected chi connectivity index (χ3v) is 4.21. The lowest BCUT2D eigenvalue weighted by Gasteiger charge is -2.08. The standard InChI is InChI=1S/C18H20N2O6S/c1-27(24,25)19-11-10-13-6-8-14(9-7-13)18(23)26-12-17(22)20-15-4-2-3-5-16(15)21/h2-9,19,21H,10-12H2,1H3,(H,20,22). The van der Waals surface area contributed by atoms with Gasteiger partial charge in [0, 0.05) is 6.54 Å². The topological polar surface area (TPSA) is 122 Å². The van der Waals surface area contributed by atoms with Gasteiger partial charge in [-0.05, 0) is 36.2 Å². The largest absolute Gasteiger partial charge is 0.506 e. The minimum absolute atomic E-state index is 0.0851. The number of carbonyl (C=O) groups is 2. The summed E-state index contributed by atoms with van der Waals surface area (Å²) in [5, 5.41) is 12.0. The zero-order chi connectivity index (χ0) is 19.9. The highest BCUT2D eigenvalue weighted by Crippen LogP contribution is 2.21. The molecule has 2 aromatic carbocycles. The van der Waals surface area contributed by atoms with Crippen LogP contribution in [0.15, 0.2) is 48.5 Å². The van der Waals surface area contributed by atoms with Crippen LogP contribution in [0.4, 0.5) is 5.69 Å². The number of sulfonamides is 1. The summed E-state index contributed by atoms with van der Waals surface area (Å²) in [7, 11) is -3.23. The van der Waals surface area contributed by atoms with Crippen LogP contribution in [-0.4, -0.2) is 44.8 Å². The SMILES string of the molecule is CS(=O)(=O)NCCc1ccc(C(=O)OCC(=O)Nc2ccccc2O)cc1. The second-order valence-corrected chi connectivity index (χ2v) is 7.59. The minimum Gasteiger partial charge on any atom is -0.506 e. The van der Waals surface area contributed by atoms with Crippen molar-refractivity contribution in [2.24, 2.45) is 0 Å². The summed E-state index contributed by atoms with van der Waals surface area (Å²) in [5.74, 6) is -1.32. The van der Waals surface area contributed by atoms with Crippen LogP contribution in [0.3, 0.4) is 0 Å². The van der Waals surface area contributed by atoms with Crippen molar-refractivity contribution in [1.29, 1.82) is 0 Å². The highest BCUT2D eigenvalue weighted by molar-refractivity contribution is 7.88. The fraction of sp³-hybridized carbons (Fsp3) is 0.222. The number of aromatic hydroxyl groups is 1. The Labute approximate surface area is 157 Å². The summed E-state index contributed by atoms with van der Waals surface area (Å²) in [5.41, 5.74) is 1.34. The molecule has 0 fully saturated rings. The van der Waals surface area contributed by atoms with Crippen LogP contribution in [0.25, 0.3) is 0 Å². The van der Waals surface area contributed by atoms with Gasteiger partial charge in [-0.25, -0.2) is 17.9 Å². The van der Waals surface area contributed by atoms with Crippen molar-refractivity contribution in [3.63, 3.8) is 0 Å². The van der Waals surface area contributed by atoms with Gasteiger partial charge in [0.05, 0.1) is 17.5 Å². The Morgan fingerprint density at radius 1 is 1.07 bits per heavy atom. The second-order valence-electron chi connectivity index (χ2n) is 5.75. The average molecular weight is 392 g/mol. The lowest BCUT2D eigenvalue weighted by molar-refractivity contribution is -0.119. The molecule has 9 heteroatoms. The van der Waals surface area contributed by atoms with Gasteiger partial charge in [0.15, 0.2) is 6.61 Å². The van der Waals surface area contributed by atoms with Gasteiger partial charge in [-0.15, -0.1) is 0 Å². The number of hydrogen-bond donors (Lipinski definition) is 3. The summed E-state index contributed by atoms with van der Waals surface area (Å²) >= 11 is 0. The van der Waals surface area contributed by atoms with E-state index in [0.717, 1.165) is 11.8 Å². The van der Waals surface area contributed by atoms with Crippen molar-refractivity contribution in [3.8, 4) is 5.75 Å². The Bertz CT molecular complexity index is 910. The molecule has 0 saturated carbocycles. The molecular weight excluding hydrogens is 372 g/mol. The summed E-state index contributed by atoms with van der Waals surface area (Å²) in [4.78, 5) is 23.8. The normalized spacial score (nSPS) is 11.0. The molecule has 2 rings (SSSR count). The molecule has 3 N–H and O–H groups in total. The Balaban J connectivity index is 1.81. The van der Waals surface area contributed by atoms with Crippen LogP contribution in [0.1, 0.15) is 15.9 Å². The van der Waals surface area contributed by atoms with Crippen LogP contribution in [-0.2, 0) is 26.0 Å². The molecule has 0 unspecified atom stereocenters. The minimum atomic E-state index is -3.23. The Morgan fingerprint density at radius 2 is 1.74 bits per heavy atom. The molecule has 0 radical (unpaired) electrons. The van der Waals surface area contributed by atoms with E-state index >= 15 is 0 Å². The van der Waals surface area contributed by atoms with E-state index in [0.29, 0.717) is 6.42 Å². The molecule has 1 amide bonds. The van der Waals surface area contributed by atoms with E-state index in [1.54, 1.807) is 36.4 Å². The summed E-state index contributed by atoms with van der Waals surface area (Å²) in [6, 6.07) is 12.7. The molecule has 0 aliphatic heterocycles. The number of hydrogen-bond acceptors (Lipinski definition) is 6. The van der Waals surface area contributed by atoms with E-state index < -0.39 is 28.5 Å². The van der Waals surface area contributed by atoms with E-state index in [-0.39, 0.29) is 23.5 Å². The maximum absolute atomic E-state index is 12.0. The van der Waals surface area contributed by atoms with Gasteiger partial charge in [-0.1, -0.05) is 24.3 Å². The van der Waals surface area contributed by atoms with E-state index in [4.69, 9.17) is 4.74 Å².